The van der Waals surface area contributed by atoms with Crippen LogP contribution in [-0.4, -0.2) is 15.4 Å². The van der Waals surface area contributed by atoms with Crippen LogP contribution < -0.4 is 0 Å². The molecule has 4 saturated carbocycles. The minimum atomic E-state index is 0.0486. The maximum Gasteiger partial charge on any atom is 0.160 e. The fourth-order valence-electron chi connectivity index (χ4n) is 9.15. The standard InChI is InChI=1S/C27H44Br2O/c1-16(2)7-6-8-17(3)19-11-12-20-18-9-10-22-24(29)25(30)23(28)15-27(22,5)21(18)13-14-26(19,20)4/h16-24H,6-15H2,1-5H3/t17-,18+,19-,20+,21+,22+,23-,24+,26-,27-/m1/s1. The molecular formula is C27H44Br2O. The molecule has 0 amide bonds. The molecule has 0 bridgehead atoms. The lowest BCUT2D eigenvalue weighted by Gasteiger charge is -2.61. The summed E-state index contributed by atoms with van der Waals surface area (Å²) < 4.78 is 0. The van der Waals surface area contributed by atoms with Crippen molar-refractivity contribution < 1.29 is 4.79 Å². The fourth-order valence-corrected chi connectivity index (χ4v) is 11.7. The number of rotatable bonds is 5. The van der Waals surface area contributed by atoms with Gasteiger partial charge in [-0.25, -0.2) is 0 Å². The molecule has 4 aliphatic rings. The summed E-state index contributed by atoms with van der Waals surface area (Å²) in [5.41, 5.74) is 0.884. The van der Waals surface area contributed by atoms with E-state index in [4.69, 9.17) is 0 Å². The van der Waals surface area contributed by atoms with Crippen LogP contribution in [0.1, 0.15) is 98.8 Å². The first-order valence-electron chi connectivity index (χ1n) is 12.9. The molecule has 0 aromatic carbocycles. The molecule has 30 heavy (non-hydrogen) atoms. The first kappa shape index (κ1) is 23.8. The van der Waals surface area contributed by atoms with Gasteiger partial charge >= 0.3 is 0 Å². The van der Waals surface area contributed by atoms with E-state index in [1.54, 1.807) is 0 Å². The predicted octanol–water partition coefficient (Wildman–Crippen LogP) is 8.42. The van der Waals surface area contributed by atoms with Crippen LogP contribution in [0, 0.1) is 52.3 Å². The number of hydrogen-bond donors (Lipinski definition) is 0. The van der Waals surface area contributed by atoms with Crippen LogP contribution in [0.2, 0.25) is 0 Å². The summed E-state index contributed by atoms with van der Waals surface area (Å²) in [4.78, 5) is 12.8. The Morgan fingerprint density at radius 3 is 2.27 bits per heavy atom. The van der Waals surface area contributed by atoms with Gasteiger partial charge in [0, 0.05) is 0 Å². The third kappa shape index (κ3) is 3.82. The molecule has 0 radical (unpaired) electrons. The maximum atomic E-state index is 12.7. The summed E-state index contributed by atoms with van der Waals surface area (Å²) >= 11 is 7.60. The van der Waals surface area contributed by atoms with Gasteiger partial charge in [-0.2, -0.15) is 0 Å². The van der Waals surface area contributed by atoms with Gasteiger partial charge in [0.1, 0.15) is 0 Å². The second-order valence-electron chi connectivity index (χ2n) is 12.6. The van der Waals surface area contributed by atoms with E-state index in [0.29, 0.717) is 22.5 Å². The van der Waals surface area contributed by atoms with Crippen molar-refractivity contribution >= 4 is 37.6 Å². The SMILES string of the molecule is CC(C)CCC[C@@H](C)[C@H]1CC[C@H]2[C@@H]3CC[C@H]4[C@H](Br)C(=O)[C@H](Br)C[C@]4(C)[C@H]3CC[C@]12C. The van der Waals surface area contributed by atoms with Crippen LogP contribution in [0.5, 0.6) is 0 Å². The van der Waals surface area contributed by atoms with Gasteiger partial charge in [-0.1, -0.05) is 85.7 Å². The Morgan fingerprint density at radius 2 is 1.57 bits per heavy atom. The van der Waals surface area contributed by atoms with E-state index < -0.39 is 0 Å². The summed E-state index contributed by atoms with van der Waals surface area (Å²) in [5, 5.41) is 0. The van der Waals surface area contributed by atoms with E-state index in [9.17, 15) is 4.79 Å². The van der Waals surface area contributed by atoms with E-state index in [0.717, 1.165) is 41.9 Å². The Balaban J connectivity index is 1.50. The van der Waals surface area contributed by atoms with Gasteiger partial charge in [-0.3, -0.25) is 4.79 Å². The molecule has 4 aliphatic carbocycles. The average molecular weight is 544 g/mol. The molecule has 172 valence electrons. The number of hydrogen-bond acceptors (Lipinski definition) is 1. The molecule has 0 aromatic rings. The van der Waals surface area contributed by atoms with E-state index in [1.165, 1.54) is 57.8 Å². The smallest absolute Gasteiger partial charge is 0.160 e. The van der Waals surface area contributed by atoms with Gasteiger partial charge in [0.05, 0.1) is 9.65 Å². The fraction of sp³-hybridized carbons (Fsp3) is 0.963. The molecule has 0 heterocycles. The molecule has 4 rings (SSSR count). The number of carbonyl (C=O) groups is 1. The first-order chi connectivity index (χ1) is 14.1. The predicted molar refractivity (Wildman–Crippen MR) is 134 cm³/mol. The van der Waals surface area contributed by atoms with E-state index in [1.807, 2.05) is 0 Å². The van der Waals surface area contributed by atoms with Gasteiger partial charge in [-0.15, -0.1) is 0 Å². The van der Waals surface area contributed by atoms with Crippen molar-refractivity contribution in [3.63, 3.8) is 0 Å². The molecule has 3 heteroatoms. The second-order valence-corrected chi connectivity index (χ2v) is 14.7. The van der Waals surface area contributed by atoms with Crippen molar-refractivity contribution in [2.45, 2.75) is 108 Å². The van der Waals surface area contributed by atoms with Gasteiger partial charge in [-0.05, 0) is 97.2 Å². The summed E-state index contributed by atoms with van der Waals surface area (Å²) in [6.45, 7) is 12.5. The molecule has 1 nitrogen and oxygen atoms in total. The van der Waals surface area contributed by atoms with Gasteiger partial charge in [0.25, 0.3) is 0 Å². The summed E-state index contributed by atoms with van der Waals surface area (Å²) in [7, 11) is 0. The largest absolute Gasteiger partial charge is 0.297 e. The zero-order valence-electron chi connectivity index (χ0n) is 19.9. The average Bonchev–Trinajstić information content (AvgIpc) is 3.03. The summed E-state index contributed by atoms with van der Waals surface area (Å²) in [6, 6.07) is 0. The number of ketones is 1. The summed E-state index contributed by atoms with van der Waals surface area (Å²) in [6.07, 6.45) is 13.6. The quantitative estimate of drug-likeness (QED) is 0.318. The highest BCUT2D eigenvalue weighted by Crippen LogP contribution is 2.68. The van der Waals surface area contributed by atoms with Crippen LogP contribution in [0.15, 0.2) is 0 Å². The Hall–Kier alpha value is 0.630. The highest BCUT2D eigenvalue weighted by molar-refractivity contribution is 9.10. The molecule has 0 aliphatic heterocycles. The molecule has 4 fully saturated rings. The molecule has 0 unspecified atom stereocenters. The normalized spacial score (nSPS) is 49.5. The third-order valence-electron chi connectivity index (χ3n) is 10.7. The second kappa shape index (κ2) is 8.77. The Bertz CT molecular complexity index is 647. The van der Waals surface area contributed by atoms with Gasteiger partial charge in [0.15, 0.2) is 5.78 Å². The van der Waals surface area contributed by atoms with Crippen LogP contribution in [0.3, 0.4) is 0 Å². The monoisotopic (exact) mass is 542 g/mol. The highest BCUT2D eigenvalue weighted by atomic mass is 79.9. The molecular weight excluding hydrogens is 500 g/mol. The van der Waals surface area contributed by atoms with Gasteiger partial charge < -0.3 is 0 Å². The number of halogens is 2. The third-order valence-corrected chi connectivity index (χ3v) is 12.6. The highest BCUT2D eigenvalue weighted by Gasteiger charge is 2.62. The topological polar surface area (TPSA) is 17.1 Å². The molecule has 10 atom stereocenters. The number of fused-ring (bicyclic) bond motifs is 5. The Kier molecular flexibility index (Phi) is 6.95. The van der Waals surface area contributed by atoms with Crippen molar-refractivity contribution in [3.8, 4) is 0 Å². The lowest BCUT2D eigenvalue weighted by Crippen LogP contribution is -2.58. The van der Waals surface area contributed by atoms with Crippen LogP contribution in [-0.2, 0) is 4.79 Å². The van der Waals surface area contributed by atoms with E-state index in [-0.39, 0.29) is 9.65 Å². The Labute approximate surface area is 202 Å². The van der Waals surface area contributed by atoms with Crippen LogP contribution in [0.25, 0.3) is 0 Å². The number of carbonyl (C=O) groups excluding carboxylic acids is 1. The minimum absolute atomic E-state index is 0.0486. The maximum absolute atomic E-state index is 12.7. The van der Waals surface area contributed by atoms with Crippen molar-refractivity contribution in [2.75, 3.05) is 0 Å². The van der Waals surface area contributed by atoms with Crippen LogP contribution in [0.4, 0.5) is 0 Å². The van der Waals surface area contributed by atoms with Crippen LogP contribution >= 0.6 is 31.9 Å². The zero-order valence-corrected chi connectivity index (χ0v) is 23.1. The minimum Gasteiger partial charge on any atom is -0.297 e. The molecule has 0 saturated heterocycles. The summed E-state index contributed by atoms with van der Waals surface area (Å²) in [5.74, 6) is 6.23. The van der Waals surface area contributed by atoms with Crippen molar-refractivity contribution in [2.24, 2.45) is 52.3 Å². The zero-order chi connectivity index (χ0) is 21.8. The van der Waals surface area contributed by atoms with Crippen molar-refractivity contribution in [1.29, 1.82) is 0 Å². The lowest BCUT2D eigenvalue weighted by atomic mass is 9.44. The number of Topliss-reactive ketones (excluding diaryl/α,β-unsaturated/α-hetero) is 1. The van der Waals surface area contributed by atoms with E-state index in [2.05, 4.69) is 66.5 Å². The van der Waals surface area contributed by atoms with Crippen molar-refractivity contribution in [3.05, 3.63) is 0 Å². The Morgan fingerprint density at radius 1 is 0.900 bits per heavy atom. The lowest BCUT2D eigenvalue weighted by molar-refractivity contribution is -0.137. The van der Waals surface area contributed by atoms with E-state index >= 15 is 0 Å². The molecule has 0 aromatic heterocycles. The van der Waals surface area contributed by atoms with Crippen molar-refractivity contribution in [1.82, 2.24) is 0 Å². The molecule has 0 spiro atoms. The first-order valence-corrected chi connectivity index (χ1v) is 14.7. The molecule has 0 N–H and O–H groups in total. The van der Waals surface area contributed by atoms with Gasteiger partial charge in [0.2, 0.25) is 0 Å². The number of alkyl halides is 2.